The first-order valence-corrected chi connectivity index (χ1v) is 5.42. The summed E-state index contributed by atoms with van der Waals surface area (Å²) in [4.78, 5) is 10.8. The summed E-state index contributed by atoms with van der Waals surface area (Å²) in [5.41, 5.74) is 1.92. The van der Waals surface area contributed by atoms with Gasteiger partial charge < -0.3 is 4.74 Å². The molecule has 0 N–H and O–H groups in total. The molecule has 3 heteroatoms. The van der Waals surface area contributed by atoms with Crippen LogP contribution in [0.3, 0.4) is 0 Å². The minimum absolute atomic E-state index is 0.134. The number of halogens is 1. The Labute approximate surface area is 101 Å². The maximum atomic E-state index is 10.8. The van der Waals surface area contributed by atoms with Gasteiger partial charge in [-0.05, 0) is 30.7 Å². The smallest absolute Gasteiger partial charge is 0.306 e. The van der Waals surface area contributed by atoms with Gasteiger partial charge in [-0.2, -0.15) is 0 Å². The number of rotatable bonds is 2. The molecule has 0 bridgehead atoms. The van der Waals surface area contributed by atoms with E-state index in [0.717, 1.165) is 11.1 Å². The van der Waals surface area contributed by atoms with Gasteiger partial charge in [-0.3, -0.25) is 4.79 Å². The number of benzene rings is 1. The molecule has 0 saturated carbocycles. The molecule has 0 aliphatic rings. The molecule has 16 heavy (non-hydrogen) atoms. The van der Waals surface area contributed by atoms with Crippen molar-refractivity contribution in [1.82, 2.24) is 0 Å². The van der Waals surface area contributed by atoms with Crippen LogP contribution in [0.15, 0.2) is 18.2 Å². The molecule has 0 aliphatic carbocycles. The fourth-order valence-corrected chi connectivity index (χ4v) is 1.34. The molecule has 0 unspecified atom stereocenters. The average molecular weight is 237 g/mol. The number of hydrogen-bond donors (Lipinski definition) is 0. The van der Waals surface area contributed by atoms with Gasteiger partial charge in [0.25, 0.3) is 0 Å². The molecule has 2 nitrogen and oxygen atoms in total. The zero-order chi connectivity index (χ0) is 12.0. The summed E-state index contributed by atoms with van der Waals surface area (Å²) < 4.78 is 4.84. The SMILES string of the molecule is CCC(=O)OCC#Cc1ccc(Cl)cc1C. The van der Waals surface area contributed by atoms with Crippen LogP contribution in [-0.2, 0) is 9.53 Å². The van der Waals surface area contributed by atoms with Crippen molar-refractivity contribution < 1.29 is 9.53 Å². The van der Waals surface area contributed by atoms with Crippen LogP contribution in [0.1, 0.15) is 24.5 Å². The molecule has 84 valence electrons. The third kappa shape index (κ3) is 3.96. The van der Waals surface area contributed by atoms with Crippen LogP contribution < -0.4 is 0 Å². The summed E-state index contributed by atoms with van der Waals surface area (Å²) in [7, 11) is 0. The molecule has 0 saturated heterocycles. The molecule has 1 rings (SSSR count). The summed E-state index contributed by atoms with van der Waals surface area (Å²) in [5, 5.41) is 0.695. The summed E-state index contributed by atoms with van der Waals surface area (Å²) in [6, 6.07) is 5.49. The van der Waals surface area contributed by atoms with E-state index in [0.29, 0.717) is 11.4 Å². The fourth-order valence-electron chi connectivity index (χ4n) is 1.12. The van der Waals surface area contributed by atoms with Crippen LogP contribution in [0.4, 0.5) is 0 Å². The van der Waals surface area contributed by atoms with Crippen molar-refractivity contribution in [2.75, 3.05) is 6.61 Å². The highest BCUT2D eigenvalue weighted by molar-refractivity contribution is 6.30. The normalized spacial score (nSPS) is 9.19. The van der Waals surface area contributed by atoms with Gasteiger partial charge in [0.2, 0.25) is 0 Å². The van der Waals surface area contributed by atoms with Crippen molar-refractivity contribution in [3.8, 4) is 11.8 Å². The molecule has 0 aliphatic heterocycles. The molecule has 1 aromatic carbocycles. The third-order valence-corrected chi connectivity index (χ3v) is 2.24. The number of aryl methyl sites for hydroxylation is 1. The number of carbonyl (C=O) groups excluding carboxylic acids is 1. The fraction of sp³-hybridized carbons (Fsp3) is 0.308. The Hall–Kier alpha value is -1.46. The van der Waals surface area contributed by atoms with E-state index in [1.807, 2.05) is 19.1 Å². The summed E-state index contributed by atoms with van der Waals surface area (Å²) in [5.74, 6) is 5.49. The van der Waals surface area contributed by atoms with E-state index in [-0.39, 0.29) is 12.6 Å². The predicted molar refractivity (Wildman–Crippen MR) is 64.3 cm³/mol. The predicted octanol–water partition coefficient (Wildman–Crippen LogP) is 2.95. The van der Waals surface area contributed by atoms with E-state index in [2.05, 4.69) is 11.8 Å². The largest absolute Gasteiger partial charge is 0.452 e. The highest BCUT2D eigenvalue weighted by Crippen LogP contribution is 2.13. The zero-order valence-electron chi connectivity index (χ0n) is 9.34. The van der Waals surface area contributed by atoms with E-state index >= 15 is 0 Å². The second-order valence-electron chi connectivity index (χ2n) is 3.28. The Balaban J connectivity index is 2.60. The van der Waals surface area contributed by atoms with E-state index in [1.54, 1.807) is 13.0 Å². The Bertz CT molecular complexity index is 441. The Morgan fingerprint density at radius 1 is 1.50 bits per heavy atom. The number of hydrogen-bond acceptors (Lipinski definition) is 2. The van der Waals surface area contributed by atoms with Crippen LogP contribution in [0.25, 0.3) is 0 Å². The van der Waals surface area contributed by atoms with Crippen molar-refractivity contribution in [2.45, 2.75) is 20.3 Å². The molecular formula is C13H13ClO2. The molecule has 0 fully saturated rings. The van der Waals surface area contributed by atoms with Crippen LogP contribution in [0, 0.1) is 18.8 Å². The highest BCUT2D eigenvalue weighted by Gasteiger charge is 1.96. The third-order valence-electron chi connectivity index (χ3n) is 2.01. The van der Waals surface area contributed by atoms with Crippen molar-refractivity contribution in [3.05, 3.63) is 34.3 Å². The molecule has 0 atom stereocenters. The maximum Gasteiger partial charge on any atom is 0.306 e. The minimum atomic E-state index is -0.234. The zero-order valence-corrected chi connectivity index (χ0v) is 10.1. The molecule has 0 heterocycles. The maximum absolute atomic E-state index is 10.8. The Morgan fingerprint density at radius 3 is 2.88 bits per heavy atom. The first kappa shape index (κ1) is 12.6. The Morgan fingerprint density at radius 2 is 2.25 bits per heavy atom. The van der Waals surface area contributed by atoms with E-state index in [1.165, 1.54) is 0 Å². The summed E-state index contributed by atoms with van der Waals surface area (Å²) >= 11 is 5.82. The molecule has 0 radical (unpaired) electrons. The lowest BCUT2D eigenvalue weighted by Gasteiger charge is -1.98. The van der Waals surface area contributed by atoms with Gasteiger partial charge in [0, 0.05) is 17.0 Å². The summed E-state index contributed by atoms with van der Waals surface area (Å²) in [6.07, 6.45) is 0.377. The van der Waals surface area contributed by atoms with Gasteiger partial charge in [0.05, 0.1) is 0 Å². The van der Waals surface area contributed by atoms with Crippen LogP contribution >= 0.6 is 11.6 Å². The van der Waals surface area contributed by atoms with Crippen LogP contribution in [-0.4, -0.2) is 12.6 Å². The summed E-state index contributed by atoms with van der Waals surface area (Å²) in [6.45, 7) is 3.82. The van der Waals surface area contributed by atoms with E-state index < -0.39 is 0 Å². The minimum Gasteiger partial charge on any atom is -0.452 e. The van der Waals surface area contributed by atoms with Gasteiger partial charge in [0.15, 0.2) is 6.61 Å². The first-order valence-electron chi connectivity index (χ1n) is 5.04. The highest BCUT2D eigenvalue weighted by atomic mass is 35.5. The molecular weight excluding hydrogens is 224 g/mol. The lowest BCUT2D eigenvalue weighted by Crippen LogP contribution is -2.01. The van der Waals surface area contributed by atoms with Crippen molar-refractivity contribution >= 4 is 17.6 Å². The lowest BCUT2D eigenvalue weighted by molar-refractivity contribution is -0.141. The standard InChI is InChI=1S/C13H13ClO2/c1-3-13(15)16-8-4-5-11-6-7-12(14)9-10(11)2/h6-7,9H,3,8H2,1-2H3. The molecule has 0 aromatic heterocycles. The van der Waals surface area contributed by atoms with E-state index in [9.17, 15) is 4.79 Å². The van der Waals surface area contributed by atoms with Gasteiger partial charge in [-0.25, -0.2) is 0 Å². The van der Waals surface area contributed by atoms with Gasteiger partial charge in [-0.1, -0.05) is 30.4 Å². The van der Waals surface area contributed by atoms with Crippen molar-refractivity contribution in [3.63, 3.8) is 0 Å². The van der Waals surface area contributed by atoms with Gasteiger partial charge in [0.1, 0.15) is 0 Å². The van der Waals surface area contributed by atoms with Crippen LogP contribution in [0.2, 0.25) is 5.02 Å². The van der Waals surface area contributed by atoms with Crippen molar-refractivity contribution in [2.24, 2.45) is 0 Å². The quantitative estimate of drug-likeness (QED) is 0.583. The second kappa shape index (κ2) is 6.19. The van der Waals surface area contributed by atoms with Gasteiger partial charge >= 0.3 is 5.97 Å². The lowest BCUT2D eigenvalue weighted by atomic mass is 10.1. The van der Waals surface area contributed by atoms with Crippen LogP contribution in [0.5, 0.6) is 0 Å². The van der Waals surface area contributed by atoms with E-state index in [4.69, 9.17) is 16.3 Å². The monoisotopic (exact) mass is 236 g/mol. The number of esters is 1. The average Bonchev–Trinajstić information content (AvgIpc) is 2.26. The second-order valence-corrected chi connectivity index (χ2v) is 3.71. The molecule has 0 spiro atoms. The topological polar surface area (TPSA) is 26.3 Å². The molecule has 0 amide bonds. The van der Waals surface area contributed by atoms with Gasteiger partial charge in [-0.15, -0.1) is 0 Å². The first-order chi connectivity index (χ1) is 7.63. The number of carbonyl (C=O) groups is 1. The van der Waals surface area contributed by atoms with Crippen molar-refractivity contribution in [1.29, 1.82) is 0 Å². The Kier molecular flexibility index (Phi) is 4.88. The number of ether oxygens (including phenoxy) is 1. The molecule has 1 aromatic rings.